The van der Waals surface area contributed by atoms with Crippen LogP contribution in [0.3, 0.4) is 0 Å². The van der Waals surface area contributed by atoms with E-state index in [9.17, 15) is 14.7 Å². The Kier molecular flexibility index (Phi) is 4.37. The zero-order valence-electron chi connectivity index (χ0n) is 14.7. The molecule has 0 unspecified atom stereocenters. The molecular weight excluding hydrogens is 318 g/mol. The van der Waals surface area contributed by atoms with Gasteiger partial charge in [0.25, 0.3) is 11.3 Å². The molecule has 1 aromatic carbocycles. The van der Waals surface area contributed by atoms with Gasteiger partial charge in [-0.25, -0.2) is 0 Å². The van der Waals surface area contributed by atoms with Crippen molar-refractivity contribution in [2.75, 3.05) is 7.05 Å². The van der Waals surface area contributed by atoms with Crippen LogP contribution in [-0.2, 0) is 12.0 Å². The quantitative estimate of drug-likeness (QED) is 0.873. The van der Waals surface area contributed by atoms with Crippen LogP contribution >= 0.6 is 0 Å². The van der Waals surface area contributed by atoms with Crippen molar-refractivity contribution in [2.45, 2.75) is 44.6 Å². The zero-order chi connectivity index (χ0) is 18.2. The lowest BCUT2D eigenvalue weighted by Crippen LogP contribution is -2.30. The number of carbonyl (C=O) groups is 1. The van der Waals surface area contributed by atoms with Crippen molar-refractivity contribution in [3.8, 4) is 5.75 Å². The lowest BCUT2D eigenvalue weighted by Gasteiger charge is -2.19. The van der Waals surface area contributed by atoms with Crippen LogP contribution in [0.25, 0.3) is 0 Å². The first kappa shape index (κ1) is 17.2. The zero-order valence-corrected chi connectivity index (χ0v) is 14.7. The maximum atomic E-state index is 11.9. The van der Waals surface area contributed by atoms with Crippen LogP contribution in [0.1, 0.15) is 54.2 Å². The minimum atomic E-state index is -0.748. The number of aromatic nitrogens is 2. The largest absolute Gasteiger partial charge is 0.503 e. The van der Waals surface area contributed by atoms with Gasteiger partial charge in [0, 0.05) is 12.5 Å². The number of amides is 1. The predicted molar refractivity (Wildman–Crippen MR) is 95.0 cm³/mol. The maximum Gasteiger partial charge on any atom is 0.275 e. The summed E-state index contributed by atoms with van der Waals surface area (Å²) >= 11 is 0. The van der Waals surface area contributed by atoms with E-state index in [4.69, 9.17) is 0 Å². The number of aromatic hydroxyl groups is 1. The Morgan fingerprint density at radius 3 is 2.72 bits per heavy atom. The summed E-state index contributed by atoms with van der Waals surface area (Å²) in [4.78, 5) is 23.7. The van der Waals surface area contributed by atoms with Gasteiger partial charge in [-0.1, -0.05) is 38.1 Å². The van der Waals surface area contributed by atoms with Crippen LogP contribution in [0.15, 0.2) is 35.3 Å². The van der Waals surface area contributed by atoms with Crippen molar-refractivity contribution in [3.05, 3.63) is 57.5 Å². The van der Waals surface area contributed by atoms with Gasteiger partial charge in [0.1, 0.15) is 0 Å². The second kappa shape index (κ2) is 6.35. The minimum absolute atomic E-state index is 0.0562. The smallest absolute Gasteiger partial charge is 0.275 e. The summed E-state index contributed by atoms with van der Waals surface area (Å²) in [5.41, 5.74) is 1.43. The average Bonchev–Trinajstić information content (AvgIpc) is 3.38. The average molecular weight is 341 g/mol. The van der Waals surface area contributed by atoms with Crippen molar-refractivity contribution in [2.24, 2.45) is 0 Å². The monoisotopic (exact) mass is 341 g/mol. The molecule has 1 aliphatic rings. The van der Waals surface area contributed by atoms with E-state index >= 15 is 0 Å². The van der Waals surface area contributed by atoms with E-state index in [1.54, 1.807) is 0 Å². The van der Waals surface area contributed by atoms with Crippen LogP contribution < -0.4 is 10.7 Å². The lowest BCUT2D eigenvalue weighted by molar-refractivity contribution is 0.0953. The Morgan fingerprint density at radius 1 is 1.40 bits per heavy atom. The minimum Gasteiger partial charge on any atom is -0.503 e. The molecule has 2 aromatic rings. The molecule has 1 aliphatic carbocycles. The van der Waals surface area contributed by atoms with E-state index < -0.39 is 17.1 Å². The highest BCUT2D eigenvalue weighted by molar-refractivity contribution is 5.92. The van der Waals surface area contributed by atoms with Gasteiger partial charge in [0.15, 0.2) is 11.4 Å². The van der Waals surface area contributed by atoms with E-state index in [1.165, 1.54) is 29.1 Å². The topological polar surface area (TPSA) is 84.2 Å². The summed E-state index contributed by atoms with van der Waals surface area (Å²) in [6.45, 7) is 4.84. The van der Waals surface area contributed by atoms with Crippen molar-refractivity contribution in [3.63, 3.8) is 0 Å². The Balaban J connectivity index is 1.94. The summed E-state index contributed by atoms with van der Waals surface area (Å²) in [7, 11) is 1.43. The van der Waals surface area contributed by atoms with Gasteiger partial charge < -0.3 is 10.4 Å². The molecule has 1 saturated carbocycles. The second-order valence-electron chi connectivity index (χ2n) is 7.03. The third-order valence-corrected chi connectivity index (χ3v) is 4.87. The van der Waals surface area contributed by atoms with Crippen LogP contribution in [0.5, 0.6) is 5.75 Å². The molecule has 25 heavy (non-hydrogen) atoms. The molecule has 1 fully saturated rings. The molecule has 0 saturated heterocycles. The molecule has 1 heterocycles. The molecule has 1 aromatic heterocycles. The van der Waals surface area contributed by atoms with E-state index in [0.717, 1.165) is 12.8 Å². The lowest BCUT2D eigenvalue weighted by atomic mass is 9.91. The Morgan fingerprint density at radius 2 is 2.12 bits per heavy atom. The molecule has 0 atom stereocenters. The number of benzene rings is 1. The first-order valence-corrected chi connectivity index (χ1v) is 8.49. The van der Waals surface area contributed by atoms with Crippen molar-refractivity contribution < 1.29 is 9.90 Å². The number of hydrogen-bond donors (Lipinski definition) is 2. The summed E-state index contributed by atoms with van der Waals surface area (Å²) in [6, 6.07) is 8.52. The summed E-state index contributed by atoms with van der Waals surface area (Å²) in [5, 5.41) is 16.4. The second-order valence-corrected chi connectivity index (χ2v) is 7.03. The molecule has 132 valence electrons. The highest BCUT2D eigenvalue weighted by Gasteiger charge is 2.45. The molecule has 0 aliphatic heterocycles. The van der Waals surface area contributed by atoms with Crippen LogP contribution in [0, 0.1) is 0 Å². The number of carbonyl (C=O) groups excluding carboxylic acids is 1. The van der Waals surface area contributed by atoms with E-state index in [2.05, 4.69) is 48.5 Å². The van der Waals surface area contributed by atoms with Gasteiger partial charge in [0.2, 0.25) is 0 Å². The number of nitrogens with one attached hydrogen (secondary N) is 1. The Bertz CT molecular complexity index is 866. The molecular formula is C19H23N3O3. The third kappa shape index (κ3) is 3.29. The molecule has 3 rings (SSSR count). The molecule has 6 heteroatoms. The Labute approximate surface area is 146 Å². The number of rotatable bonds is 5. The van der Waals surface area contributed by atoms with Gasteiger partial charge in [-0.3, -0.25) is 14.3 Å². The normalized spacial score (nSPS) is 15.2. The highest BCUT2D eigenvalue weighted by Crippen LogP contribution is 2.49. The molecule has 0 spiro atoms. The highest BCUT2D eigenvalue weighted by atomic mass is 16.3. The molecule has 6 nitrogen and oxygen atoms in total. The molecule has 0 bridgehead atoms. The van der Waals surface area contributed by atoms with Gasteiger partial charge in [-0.15, -0.1) is 0 Å². The molecule has 2 N–H and O–H groups in total. The predicted octanol–water partition coefficient (Wildman–Crippen LogP) is 2.16. The standard InChI is InChI=1S/C19H23N3O3/c1-12(2)13-5-4-6-14(9-13)19(7-8-19)11-22-10-15(23)17(24)16(21-22)18(25)20-3/h4-6,9-10,12,23H,7-8,11H2,1-3H3,(H,20,25). The fraction of sp³-hybridized carbons (Fsp3) is 0.421. The van der Waals surface area contributed by atoms with Crippen LogP contribution in [0.2, 0.25) is 0 Å². The van der Waals surface area contributed by atoms with Gasteiger partial charge in [0.05, 0.1) is 12.7 Å². The van der Waals surface area contributed by atoms with Gasteiger partial charge in [-0.2, -0.15) is 5.10 Å². The fourth-order valence-electron chi connectivity index (χ4n) is 3.10. The van der Waals surface area contributed by atoms with Crippen LogP contribution in [-0.4, -0.2) is 27.8 Å². The summed E-state index contributed by atoms with van der Waals surface area (Å²) in [6.07, 6.45) is 3.33. The summed E-state index contributed by atoms with van der Waals surface area (Å²) < 4.78 is 1.51. The van der Waals surface area contributed by atoms with Crippen molar-refractivity contribution in [1.29, 1.82) is 0 Å². The van der Waals surface area contributed by atoms with Crippen molar-refractivity contribution in [1.82, 2.24) is 15.1 Å². The third-order valence-electron chi connectivity index (χ3n) is 4.87. The van der Waals surface area contributed by atoms with Gasteiger partial charge in [-0.05, 0) is 29.9 Å². The maximum absolute atomic E-state index is 11.9. The van der Waals surface area contributed by atoms with E-state index in [0.29, 0.717) is 12.5 Å². The first-order chi connectivity index (χ1) is 11.9. The molecule has 0 radical (unpaired) electrons. The molecule has 1 amide bonds. The van der Waals surface area contributed by atoms with Crippen molar-refractivity contribution >= 4 is 5.91 Å². The number of nitrogens with zero attached hydrogens (tertiary/aromatic N) is 2. The first-order valence-electron chi connectivity index (χ1n) is 8.49. The number of hydrogen-bond acceptors (Lipinski definition) is 4. The van der Waals surface area contributed by atoms with E-state index in [1.807, 2.05) is 0 Å². The van der Waals surface area contributed by atoms with E-state index in [-0.39, 0.29) is 11.1 Å². The van der Waals surface area contributed by atoms with Crippen LogP contribution in [0.4, 0.5) is 0 Å². The van der Waals surface area contributed by atoms with Gasteiger partial charge >= 0.3 is 0 Å². The summed E-state index contributed by atoms with van der Waals surface area (Å²) in [5.74, 6) is -0.605. The fourth-order valence-corrected chi connectivity index (χ4v) is 3.10. The Hall–Kier alpha value is -2.63. The SMILES string of the molecule is CNC(=O)c1nn(CC2(c3cccc(C(C)C)c3)CC2)cc(O)c1=O.